The second-order valence-corrected chi connectivity index (χ2v) is 5.36. The van der Waals surface area contributed by atoms with E-state index in [1.54, 1.807) is 18.8 Å². The summed E-state index contributed by atoms with van der Waals surface area (Å²) < 4.78 is 16.1. The number of hydrogen-bond acceptors (Lipinski definition) is 3. The van der Waals surface area contributed by atoms with Crippen LogP contribution in [0.15, 0.2) is 69.0 Å². The number of furan rings is 3. The molecule has 3 rings (SSSR count). The second kappa shape index (κ2) is 5.49. The third kappa shape index (κ3) is 2.01. The van der Waals surface area contributed by atoms with E-state index in [0.717, 1.165) is 19.2 Å². The Hall–Kier alpha value is -2.10. The van der Waals surface area contributed by atoms with E-state index in [1.165, 1.54) is 16.4 Å². The second-order valence-electron chi connectivity index (χ2n) is 5.36. The Bertz CT molecular complexity index is 525. The largest absolute Gasteiger partial charge is 0.476 e. The van der Waals surface area contributed by atoms with Crippen LogP contribution >= 0.6 is 0 Å². The van der Waals surface area contributed by atoms with Crippen LogP contribution in [-0.2, 0) is 0 Å². The van der Waals surface area contributed by atoms with Crippen molar-refractivity contribution in [3.8, 4) is 0 Å². The molecular weight excluding hydrogens is 251 g/mol. The van der Waals surface area contributed by atoms with E-state index in [2.05, 4.69) is 25.1 Å². The lowest BCUT2D eigenvalue weighted by molar-refractivity contribution is 0.568. The normalized spacial score (nSPS) is 11.8. The van der Waals surface area contributed by atoms with Crippen molar-refractivity contribution in [1.29, 1.82) is 0 Å². The standard InChI is InChI=1S/C16H18BO3/c1-2-3-7-17(14-4-8-18-11-14,15-5-9-19-12-15)16-6-10-20-13-16/h4-6,8-13H,2-3,7H2,1H3/q-1. The monoisotopic (exact) mass is 269 g/mol. The molecule has 3 nitrogen and oxygen atoms in total. The van der Waals surface area contributed by atoms with Crippen molar-refractivity contribution in [3.63, 3.8) is 0 Å². The lowest BCUT2D eigenvalue weighted by Crippen LogP contribution is -2.66. The van der Waals surface area contributed by atoms with E-state index >= 15 is 0 Å². The third-order valence-electron chi connectivity index (χ3n) is 4.33. The number of hydrogen-bond donors (Lipinski definition) is 0. The van der Waals surface area contributed by atoms with Gasteiger partial charge in [-0.2, -0.15) is 22.7 Å². The molecule has 0 aliphatic carbocycles. The van der Waals surface area contributed by atoms with Crippen LogP contribution in [0, 0.1) is 0 Å². The molecule has 0 aliphatic rings. The predicted octanol–water partition coefficient (Wildman–Crippen LogP) is 2.74. The molecule has 0 bridgehead atoms. The van der Waals surface area contributed by atoms with Gasteiger partial charge in [0.05, 0.1) is 43.7 Å². The van der Waals surface area contributed by atoms with E-state index in [4.69, 9.17) is 13.3 Å². The van der Waals surface area contributed by atoms with Crippen molar-refractivity contribution >= 4 is 22.5 Å². The van der Waals surface area contributed by atoms with Gasteiger partial charge < -0.3 is 13.3 Å². The smallest absolute Gasteiger partial charge is 0.0933 e. The summed E-state index contributed by atoms with van der Waals surface area (Å²) in [6.45, 7) is 2.21. The minimum atomic E-state index is -1.07. The number of unbranched alkanes of at least 4 members (excludes halogenated alkanes) is 1. The Balaban J connectivity index is 2.18. The SMILES string of the molecule is CCCC[B-](c1ccoc1)(c1ccoc1)c1ccoc1. The van der Waals surface area contributed by atoms with E-state index < -0.39 is 6.15 Å². The molecule has 3 aromatic rings. The summed E-state index contributed by atoms with van der Waals surface area (Å²) in [5.74, 6) is 0. The van der Waals surface area contributed by atoms with Crippen LogP contribution in [0.5, 0.6) is 0 Å². The van der Waals surface area contributed by atoms with E-state index in [0.29, 0.717) is 0 Å². The molecule has 0 fully saturated rings. The molecule has 0 aromatic carbocycles. The first-order chi connectivity index (χ1) is 9.88. The average Bonchev–Trinajstić information content (AvgIpc) is 3.23. The fourth-order valence-corrected chi connectivity index (χ4v) is 3.25. The minimum Gasteiger partial charge on any atom is -0.476 e. The molecule has 0 aliphatic heterocycles. The van der Waals surface area contributed by atoms with Gasteiger partial charge in [-0.1, -0.05) is 38.0 Å². The number of rotatable bonds is 6. The van der Waals surface area contributed by atoms with E-state index in [-0.39, 0.29) is 0 Å². The lowest BCUT2D eigenvalue weighted by atomic mass is 9.15. The molecule has 104 valence electrons. The molecule has 4 heteroatoms. The van der Waals surface area contributed by atoms with Gasteiger partial charge in [0.1, 0.15) is 0 Å². The first-order valence-corrected chi connectivity index (χ1v) is 7.13. The highest BCUT2D eigenvalue weighted by atomic mass is 16.3. The maximum Gasteiger partial charge on any atom is 0.0933 e. The van der Waals surface area contributed by atoms with Crippen molar-refractivity contribution in [2.45, 2.75) is 26.1 Å². The topological polar surface area (TPSA) is 39.4 Å². The van der Waals surface area contributed by atoms with Gasteiger partial charge in [0.25, 0.3) is 0 Å². The quantitative estimate of drug-likeness (QED) is 0.646. The summed E-state index contributed by atoms with van der Waals surface area (Å²) in [6.07, 6.45) is 13.0. The van der Waals surface area contributed by atoms with Gasteiger partial charge in [-0.3, -0.25) is 0 Å². The van der Waals surface area contributed by atoms with Gasteiger partial charge in [0, 0.05) is 0 Å². The summed E-state index contributed by atoms with van der Waals surface area (Å²) in [5, 5.41) is 0. The van der Waals surface area contributed by atoms with Gasteiger partial charge in [-0.25, -0.2) is 0 Å². The summed E-state index contributed by atoms with van der Waals surface area (Å²) >= 11 is 0. The Labute approximate surface area is 118 Å². The van der Waals surface area contributed by atoms with E-state index in [9.17, 15) is 0 Å². The molecule has 0 spiro atoms. The van der Waals surface area contributed by atoms with Gasteiger partial charge in [-0.15, -0.1) is 0 Å². The zero-order valence-electron chi connectivity index (χ0n) is 11.6. The molecule has 3 heterocycles. The highest BCUT2D eigenvalue weighted by Gasteiger charge is 2.31. The Kier molecular flexibility index (Phi) is 3.55. The molecule has 3 aromatic heterocycles. The van der Waals surface area contributed by atoms with Crippen LogP contribution in [0.1, 0.15) is 19.8 Å². The molecule has 0 unspecified atom stereocenters. The Morgan fingerprint density at radius 2 is 1.25 bits per heavy atom. The van der Waals surface area contributed by atoms with Gasteiger partial charge in [0.2, 0.25) is 0 Å². The molecule has 0 amide bonds. The molecule has 0 saturated carbocycles. The van der Waals surface area contributed by atoms with Crippen molar-refractivity contribution in [2.75, 3.05) is 0 Å². The van der Waals surface area contributed by atoms with Crippen molar-refractivity contribution in [2.24, 2.45) is 0 Å². The summed E-state index contributed by atoms with van der Waals surface area (Å²) in [6, 6.07) is 6.15. The van der Waals surface area contributed by atoms with Gasteiger partial charge in [-0.05, 0) is 0 Å². The molecule has 0 radical (unpaired) electrons. The van der Waals surface area contributed by atoms with Crippen molar-refractivity contribution in [1.82, 2.24) is 0 Å². The Morgan fingerprint density at radius 3 is 1.55 bits per heavy atom. The highest BCUT2D eigenvalue weighted by Crippen LogP contribution is 2.17. The summed E-state index contributed by atoms with van der Waals surface area (Å²) in [5.41, 5.74) is 3.59. The average molecular weight is 269 g/mol. The maximum absolute atomic E-state index is 5.35. The molecule has 0 atom stereocenters. The first kappa shape index (κ1) is 12.9. The summed E-state index contributed by atoms with van der Waals surface area (Å²) in [7, 11) is 0. The van der Waals surface area contributed by atoms with Gasteiger partial charge >= 0.3 is 0 Å². The summed E-state index contributed by atoms with van der Waals surface area (Å²) in [4.78, 5) is 0. The Morgan fingerprint density at radius 1 is 0.800 bits per heavy atom. The minimum absolute atomic E-state index is 1.05. The third-order valence-corrected chi connectivity index (χ3v) is 4.33. The van der Waals surface area contributed by atoms with Crippen LogP contribution in [0.4, 0.5) is 0 Å². The zero-order chi connectivity index (χ0) is 13.8. The van der Waals surface area contributed by atoms with Crippen LogP contribution < -0.4 is 16.4 Å². The fraction of sp³-hybridized carbons (Fsp3) is 0.250. The van der Waals surface area contributed by atoms with Crippen LogP contribution in [0.3, 0.4) is 0 Å². The van der Waals surface area contributed by atoms with Crippen LogP contribution in [-0.4, -0.2) is 6.15 Å². The zero-order valence-corrected chi connectivity index (χ0v) is 11.6. The van der Waals surface area contributed by atoms with Crippen molar-refractivity contribution in [3.05, 3.63) is 55.8 Å². The first-order valence-electron chi connectivity index (χ1n) is 7.13. The van der Waals surface area contributed by atoms with Crippen molar-refractivity contribution < 1.29 is 13.3 Å². The highest BCUT2D eigenvalue weighted by molar-refractivity contribution is 7.11. The molecule has 0 saturated heterocycles. The predicted molar refractivity (Wildman–Crippen MR) is 80.5 cm³/mol. The van der Waals surface area contributed by atoms with Crippen LogP contribution in [0.2, 0.25) is 6.32 Å². The fourth-order valence-electron chi connectivity index (χ4n) is 3.25. The molecular formula is C16H18BO3-. The molecule has 20 heavy (non-hydrogen) atoms. The maximum atomic E-state index is 5.35. The van der Waals surface area contributed by atoms with E-state index in [1.807, 2.05) is 18.8 Å². The molecule has 0 N–H and O–H groups in total. The van der Waals surface area contributed by atoms with Crippen LogP contribution in [0.25, 0.3) is 0 Å². The van der Waals surface area contributed by atoms with Gasteiger partial charge in [0.15, 0.2) is 0 Å². The lowest BCUT2D eigenvalue weighted by Gasteiger charge is -2.38.